The van der Waals surface area contributed by atoms with Crippen molar-refractivity contribution in [1.82, 2.24) is 19.9 Å². The Kier molecular flexibility index (Phi) is 5.14. The first-order valence-electron chi connectivity index (χ1n) is 8.30. The minimum Gasteiger partial charge on any atom is -0.384 e. The largest absolute Gasteiger partial charge is 0.384 e. The molecule has 0 radical (unpaired) electrons. The van der Waals surface area contributed by atoms with Gasteiger partial charge in [0, 0.05) is 49.7 Å². The summed E-state index contributed by atoms with van der Waals surface area (Å²) in [5.41, 5.74) is 2.27. The zero-order valence-corrected chi connectivity index (χ0v) is 15.2. The van der Waals surface area contributed by atoms with Crippen LogP contribution in [0.25, 0.3) is 0 Å². The second-order valence-corrected chi connectivity index (χ2v) is 7.49. The lowest BCUT2D eigenvalue weighted by Crippen LogP contribution is -2.38. The standard InChI is InChI=1S/C17H26N4OS/c1-11-9-21-10-14(5-6-15(21)18-11)19-12(2)17-13(3)20-16(23-17)7-8-22-4/h9,12,14,19H,5-8,10H2,1-4H3/t12-,14+/m0/s1. The molecule has 1 aliphatic heterocycles. The van der Waals surface area contributed by atoms with Gasteiger partial charge in [0.1, 0.15) is 5.82 Å². The fourth-order valence-electron chi connectivity index (χ4n) is 3.32. The van der Waals surface area contributed by atoms with E-state index in [2.05, 4.69) is 46.8 Å². The number of rotatable bonds is 6. The molecule has 23 heavy (non-hydrogen) atoms. The maximum atomic E-state index is 5.15. The minimum absolute atomic E-state index is 0.333. The lowest BCUT2D eigenvalue weighted by atomic mass is 10.1. The lowest BCUT2D eigenvalue weighted by Gasteiger charge is -2.27. The number of thiazole rings is 1. The molecule has 2 atom stereocenters. The summed E-state index contributed by atoms with van der Waals surface area (Å²) in [4.78, 5) is 10.6. The van der Waals surface area contributed by atoms with Gasteiger partial charge in [0.2, 0.25) is 0 Å². The molecule has 5 nitrogen and oxygen atoms in total. The Labute approximate surface area is 142 Å². The van der Waals surface area contributed by atoms with E-state index in [1.165, 1.54) is 15.7 Å². The number of aromatic nitrogens is 3. The van der Waals surface area contributed by atoms with Crippen molar-refractivity contribution in [2.24, 2.45) is 0 Å². The van der Waals surface area contributed by atoms with E-state index in [1.807, 2.05) is 11.3 Å². The smallest absolute Gasteiger partial charge is 0.109 e. The second kappa shape index (κ2) is 7.11. The number of hydrogen-bond donors (Lipinski definition) is 1. The van der Waals surface area contributed by atoms with Crippen LogP contribution in [-0.4, -0.2) is 34.3 Å². The first kappa shape index (κ1) is 16.6. The molecular weight excluding hydrogens is 308 g/mol. The van der Waals surface area contributed by atoms with Crippen LogP contribution in [0.15, 0.2) is 6.20 Å². The van der Waals surface area contributed by atoms with Crippen LogP contribution in [0, 0.1) is 13.8 Å². The average molecular weight is 334 g/mol. The number of methoxy groups -OCH3 is 1. The van der Waals surface area contributed by atoms with E-state index in [-0.39, 0.29) is 0 Å². The van der Waals surface area contributed by atoms with E-state index in [0.29, 0.717) is 12.1 Å². The van der Waals surface area contributed by atoms with Crippen molar-refractivity contribution in [1.29, 1.82) is 0 Å². The fourth-order valence-corrected chi connectivity index (χ4v) is 4.38. The highest BCUT2D eigenvalue weighted by Crippen LogP contribution is 2.27. The van der Waals surface area contributed by atoms with Gasteiger partial charge in [-0.2, -0.15) is 0 Å². The molecule has 0 aromatic carbocycles. The van der Waals surface area contributed by atoms with Gasteiger partial charge in [-0.1, -0.05) is 0 Å². The quantitative estimate of drug-likeness (QED) is 0.882. The zero-order valence-electron chi connectivity index (χ0n) is 14.4. The number of imidazole rings is 1. The summed E-state index contributed by atoms with van der Waals surface area (Å²) in [5.74, 6) is 1.23. The highest BCUT2D eigenvalue weighted by Gasteiger charge is 2.23. The number of ether oxygens (including phenoxy) is 1. The van der Waals surface area contributed by atoms with Crippen LogP contribution < -0.4 is 5.32 Å². The highest BCUT2D eigenvalue weighted by atomic mass is 32.1. The molecule has 0 amide bonds. The molecule has 0 aliphatic carbocycles. The third kappa shape index (κ3) is 3.82. The van der Waals surface area contributed by atoms with Crippen molar-refractivity contribution >= 4 is 11.3 Å². The van der Waals surface area contributed by atoms with Crippen LogP contribution in [0.1, 0.15) is 46.5 Å². The van der Waals surface area contributed by atoms with Gasteiger partial charge in [0.25, 0.3) is 0 Å². The van der Waals surface area contributed by atoms with E-state index in [0.717, 1.165) is 43.8 Å². The molecule has 2 aromatic rings. The third-order valence-corrected chi connectivity index (χ3v) is 5.79. The number of fused-ring (bicyclic) bond motifs is 1. The number of nitrogens with one attached hydrogen (secondary N) is 1. The molecule has 0 fully saturated rings. The first-order chi connectivity index (χ1) is 11.1. The SMILES string of the molecule is COCCc1nc(C)c([C@H](C)N[C@@H]2CCc3nc(C)cn3C2)s1. The van der Waals surface area contributed by atoms with Gasteiger partial charge in [-0.25, -0.2) is 9.97 Å². The van der Waals surface area contributed by atoms with Crippen molar-refractivity contribution < 1.29 is 4.74 Å². The van der Waals surface area contributed by atoms with Crippen molar-refractivity contribution in [2.45, 2.75) is 58.7 Å². The Morgan fingerprint density at radius 1 is 1.43 bits per heavy atom. The van der Waals surface area contributed by atoms with Gasteiger partial charge in [-0.05, 0) is 27.2 Å². The Morgan fingerprint density at radius 2 is 2.26 bits per heavy atom. The number of hydrogen-bond acceptors (Lipinski definition) is 5. The third-order valence-electron chi connectivity index (χ3n) is 4.39. The van der Waals surface area contributed by atoms with E-state index in [4.69, 9.17) is 4.74 Å². The maximum absolute atomic E-state index is 5.15. The van der Waals surface area contributed by atoms with Crippen LogP contribution >= 0.6 is 11.3 Å². The normalized spacial score (nSPS) is 18.9. The summed E-state index contributed by atoms with van der Waals surface area (Å²) in [6.07, 6.45) is 5.26. The van der Waals surface area contributed by atoms with Crippen LogP contribution in [-0.2, 0) is 24.1 Å². The predicted octanol–water partition coefficient (Wildman–Crippen LogP) is 2.81. The lowest BCUT2D eigenvalue weighted by molar-refractivity contribution is 0.202. The topological polar surface area (TPSA) is 52.0 Å². The Hall–Kier alpha value is -1.24. The molecule has 6 heteroatoms. The average Bonchev–Trinajstić information content (AvgIpc) is 3.06. The molecule has 0 spiro atoms. The molecule has 0 unspecified atom stereocenters. The summed E-state index contributed by atoms with van der Waals surface area (Å²) in [6, 6.07) is 0.829. The molecule has 1 aliphatic rings. The van der Waals surface area contributed by atoms with Crippen molar-refractivity contribution in [2.75, 3.05) is 13.7 Å². The summed E-state index contributed by atoms with van der Waals surface area (Å²) >= 11 is 1.81. The Bertz CT molecular complexity index is 664. The van der Waals surface area contributed by atoms with Crippen LogP contribution in [0.4, 0.5) is 0 Å². The summed E-state index contributed by atoms with van der Waals surface area (Å²) < 4.78 is 7.45. The molecule has 0 bridgehead atoms. The van der Waals surface area contributed by atoms with E-state index in [9.17, 15) is 0 Å². The van der Waals surface area contributed by atoms with Gasteiger partial charge >= 0.3 is 0 Å². The second-order valence-electron chi connectivity index (χ2n) is 6.37. The molecule has 1 N–H and O–H groups in total. The molecule has 126 valence electrons. The molecule has 0 saturated carbocycles. The van der Waals surface area contributed by atoms with Crippen LogP contribution in [0.2, 0.25) is 0 Å². The van der Waals surface area contributed by atoms with E-state index in [1.54, 1.807) is 7.11 Å². The van der Waals surface area contributed by atoms with Gasteiger partial charge < -0.3 is 14.6 Å². The highest BCUT2D eigenvalue weighted by molar-refractivity contribution is 7.11. The number of aryl methyl sites for hydroxylation is 3. The minimum atomic E-state index is 0.333. The van der Waals surface area contributed by atoms with Crippen molar-refractivity contribution in [3.05, 3.63) is 33.3 Å². The fraction of sp³-hybridized carbons (Fsp3) is 0.647. The van der Waals surface area contributed by atoms with Gasteiger partial charge in [0.05, 0.1) is 23.0 Å². The van der Waals surface area contributed by atoms with Gasteiger partial charge in [-0.3, -0.25) is 0 Å². The predicted molar refractivity (Wildman–Crippen MR) is 93.1 cm³/mol. The summed E-state index contributed by atoms with van der Waals surface area (Å²) in [5, 5.41) is 4.96. The van der Waals surface area contributed by atoms with Crippen molar-refractivity contribution in [3.8, 4) is 0 Å². The summed E-state index contributed by atoms with van der Waals surface area (Å²) in [7, 11) is 1.74. The zero-order chi connectivity index (χ0) is 16.4. The molecule has 0 saturated heterocycles. The molecule has 3 rings (SSSR count). The number of nitrogens with zero attached hydrogens (tertiary/aromatic N) is 3. The van der Waals surface area contributed by atoms with Crippen LogP contribution in [0.3, 0.4) is 0 Å². The Morgan fingerprint density at radius 3 is 3.04 bits per heavy atom. The monoisotopic (exact) mass is 334 g/mol. The van der Waals surface area contributed by atoms with Gasteiger partial charge in [0.15, 0.2) is 0 Å². The first-order valence-corrected chi connectivity index (χ1v) is 9.12. The Balaban J connectivity index is 1.63. The van der Waals surface area contributed by atoms with Gasteiger partial charge in [-0.15, -0.1) is 11.3 Å². The molecule has 3 heterocycles. The van der Waals surface area contributed by atoms with E-state index >= 15 is 0 Å². The van der Waals surface area contributed by atoms with Crippen molar-refractivity contribution in [3.63, 3.8) is 0 Å². The summed E-state index contributed by atoms with van der Waals surface area (Å²) in [6.45, 7) is 8.17. The molecule has 2 aromatic heterocycles. The maximum Gasteiger partial charge on any atom is 0.109 e. The molecular formula is C17H26N4OS. The van der Waals surface area contributed by atoms with Crippen LogP contribution in [0.5, 0.6) is 0 Å². The van der Waals surface area contributed by atoms with E-state index < -0.39 is 0 Å².